The first-order valence-electron chi connectivity index (χ1n) is 18.2. The highest BCUT2D eigenvalue weighted by Crippen LogP contribution is 2.39. The minimum atomic E-state index is -0.672. The van der Waals surface area contributed by atoms with Gasteiger partial charge in [-0.15, -0.1) is 0 Å². The number of likely N-dealkylation sites (tertiary alicyclic amines) is 1. The second-order valence-corrected chi connectivity index (χ2v) is 14.1. The number of nitrogens with zero attached hydrogens (tertiary/aromatic N) is 3. The van der Waals surface area contributed by atoms with Gasteiger partial charge in [0.05, 0.1) is 16.7 Å². The Morgan fingerprint density at radius 3 is 2.60 bits per heavy atom. The van der Waals surface area contributed by atoms with E-state index in [0.29, 0.717) is 67.6 Å². The summed E-state index contributed by atoms with van der Waals surface area (Å²) in [5, 5.41) is 13.1. The number of benzene rings is 4. The van der Waals surface area contributed by atoms with Crippen LogP contribution in [0.15, 0.2) is 72.8 Å². The Bertz CT molecular complexity index is 1910. The summed E-state index contributed by atoms with van der Waals surface area (Å²) < 4.78 is 26.3. The molecule has 8 nitrogen and oxygen atoms in total. The Labute approximate surface area is 311 Å². The molecule has 1 unspecified atom stereocenters. The number of nitriles is 1. The molecular weight excluding hydrogens is 677 g/mol. The molecule has 0 aliphatic carbocycles. The van der Waals surface area contributed by atoms with E-state index in [4.69, 9.17) is 26.8 Å². The van der Waals surface area contributed by atoms with Gasteiger partial charge in [-0.2, -0.15) is 5.26 Å². The molecule has 1 saturated heterocycles. The number of hydrogen-bond donors (Lipinski definition) is 2. The number of anilines is 1. The van der Waals surface area contributed by atoms with Crippen LogP contribution < -0.4 is 25.4 Å². The zero-order chi connectivity index (χ0) is 36.5. The Kier molecular flexibility index (Phi) is 12.7. The maximum Gasteiger partial charge on any atom is 0.217 e. The van der Waals surface area contributed by atoms with E-state index in [9.17, 15) is 14.4 Å². The van der Waals surface area contributed by atoms with E-state index in [1.54, 1.807) is 6.07 Å². The topological polar surface area (TPSA) is 104 Å². The summed E-state index contributed by atoms with van der Waals surface area (Å²) in [6.07, 6.45) is 2.95. The highest BCUT2D eigenvalue weighted by atomic mass is 35.5. The van der Waals surface area contributed by atoms with Crippen molar-refractivity contribution in [1.82, 2.24) is 10.2 Å². The molecule has 2 heterocycles. The molecule has 10 heteroatoms. The average molecular weight is 724 g/mol. The van der Waals surface area contributed by atoms with Gasteiger partial charge in [-0.1, -0.05) is 54.1 Å². The molecule has 0 spiro atoms. The molecule has 1 atom stereocenters. The molecule has 272 valence electrons. The number of amides is 1. The normalized spacial score (nSPS) is 15.4. The molecule has 0 bridgehead atoms. The summed E-state index contributed by atoms with van der Waals surface area (Å²) in [4.78, 5) is 15.9. The van der Waals surface area contributed by atoms with Gasteiger partial charge in [0.25, 0.3) is 0 Å². The van der Waals surface area contributed by atoms with Crippen molar-refractivity contribution in [1.29, 1.82) is 5.26 Å². The first-order valence-corrected chi connectivity index (χ1v) is 18.5. The van der Waals surface area contributed by atoms with E-state index in [1.165, 1.54) is 22.4 Å². The standard InChI is InChI=1S/C42H47ClFN5O3/c1-29-32(9-3-10-35(29)36-11-4-12-39-37(36)15-20-49(39)18-6-17-48-19-14-34(44)26-48)28-52-41-23-40(51-27-31-8-2-7-30(21-31)24-45)33(22-38(41)43)25-47-16-5-13-42(46)50/h2-4,7-12,21-23,34,47H,5-6,13-20,25-28H2,1H3,(H2,46,50). The molecule has 3 N–H and O–H groups in total. The highest BCUT2D eigenvalue weighted by molar-refractivity contribution is 6.32. The number of halogens is 2. The first kappa shape index (κ1) is 37.1. The quantitative estimate of drug-likeness (QED) is 0.109. The molecule has 0 aromatic heterocycles. The lowest BCUT2D eigenvalue weighted by molar-refractivity contribution is -0.118. The van der Waals surface area contributed by atoms with Crippen molar-refractivity contribution in [2.75, 3.05) is 44.2 Å². The number of primary amides is 1. The summed E-state index contributed by atoms with van der Waals surface area (Å²) >= 11 is 6.80. The third-order valence-electron chi connectivity index (χ3n) is 10.0. The summed E-state index contributed by atoms with van der Waals surface area (Å²) in [6.45, 7) is 8.17. The lowest BCUT2D eigenvalue weighted by atomic mass is 9.92. The van der Waals surface area contributed by atoms with Crippen molar-refractivity contribution in [3.8, 4) is 28.7 Å². The molecule has 4 aromatic rings. The predicted molar refractivity (Wildman–Crippen MR) is 205 cm³/mol. The van der Waals surface area contributed by atoms with Crippen molar-refractivity contribution in [3.63, 3.8) is 0 Å². The lowest BCUT2D eigenvalue weighted by Crippen LogP contribution is -2.28. The molecular formula is C42H47ClFN5O3. The van der Waals surface area contributed by atoms with Gasteiger partial charge in [0.1, 0.15) is 30.9 Å². The fourth-order valence-electron chi connectivity index (χ4n) is 7.21. The zero-order valence-corrected chi connectivity index (χ0v) is 30.6. The number of fused-ring (bicyclic) bond motifs is 1. The smallest absolute Gasteiger partial charge is 0.217 e. The molecule has 2 aliphatic rings. The van der Waals surface area contributed by atoms with Gasteiger partial charge in [-0.3, -0.25) is 4.79 Å². The van der Waals surface area contributed by atoms with Crippen LogP contribution in [0.25, 0.3) is 11.1 Å². The number of alkyl halides is 1. The summed E-state index contributed by atoms with van der Waals surface area (Å²) in [5.41, 5.74) is 14.9. The molecule has 0 saturated carbocycles. The van der Waals surface area contributed by atoms with E-state index < -0.39 is 6.17 Å². The van der Waals surface area contributed by atoms with Crippen LogP contribution in [0.1, 0.15) is 59.1 Å². The van der Waals surface area contributed by atoms with Crippen LogP contribution in [-0.2, 0) is 31.0 Å². The number of carbonyl (C=O) groups excluding carboxylic acids is 1. The van der Waals surface area contributed by atoms with Crippen LogP contribution in [0.5, 0.6) is 11.5 Å². The fourth-order valence-corrected chi connectivity index (χ4v) is 7.45. The predicted octanol–water partition coefficient (Wildman–Crippen LogP) is 7.50. The third-order valence-corrected chi connectivity index (χ3v) is 10.3. The number of ether oxygens (including phenoxy) is 2. The summed E-state index contributed by atoms with van der Waals surface area (Å²) in [7, 11) is 0. The van der Waals surface area contributed by atoms with Crippen LogP contribution in [0.2, 0.25) is 5.02 Å². The second-order valence-electron chi connectivity index (χ2n) is 13.7. The van der Waals surface area contributed by atoms with E-state index in [1.807, 2.05) is 30.3 Å². The lowest BCUT2D eigenvalue weighted by Gasteiger charge is -2.22. The van der Waals surface area contributed by atoms with Gasteiger partial charge in [0.2, 0.25) is 5.91 Å². The highest BCUT2D eigenvalue weighted by Gasteiger charge is 2.25. The summed E-state index contributed by atoms with van der Waals surface area (Å²) in [5.74, 6) is 0.803. The number of nitrogens with one attached hydrogen (secondary N) is 1. The molecule has 1 amide bonds. The van der Waals surface area contributed by atoms with Gasteiger partial charge in [-0.25, -0.2) is 4.39 Å². The SMILES string of the molecule is Cc1c(COc2cc(OCc3cccc(C#N)c3)c(CNCCCC(N)=O)cc2Cl)cccc1-c1cccc2c1CCN2CCCN1CCC(F)C1. The number of rotatable bonds is 17. The van der Waals surface area contributed by atoms with Crippen molar-refractivity contribution < 1.29 is 18.7 Å². The Morgan fingerprint density at radius 1 is 0.981 bits per heavy atom. The van der Waals surface area contributed by atoms with E-state index >= 15 is 0 Å². The average Bonchev–Trinajstić information content (AvgIpc) is 3.76. The van der Waals surface area contributed by atoms with Gasteiger partial charge in [0, 0.05) is 56.5 Å². The van der Waals surface area contributed by atoms with Crippen LogP contribution >= 0.6 is 11.6 Å². The van der Waals surface area contributed by atoms with Crippen molar-refractivity contribution in [3.05, 3.63) is 111 Å². The molecule has 4 aromatic carbocycles. The molecule has 6 rings (SSSR count). The zero-order valence-electron chi connectivity index (χ0n) is 29.8. The maximum absolute atomic E-state index is 13.6. The number of carbonyl (C=O) groups is 1. The molecule has 52 heavy (non-hydrogen) atoms. The van der Waals surface area contributed by atoms with E-state index in [2.05, 4.69) is 64.5 Å². The fraction of sp³-hybridized carbons (Fsp3) is 0.381. The molecule has 0 radical (unpaired) electrons. The number of nitrogens with two attached hydrogens (primary N) is 1. The van der Waals surface area contributed by atoms with Crippen molar-refractivity contribution in [2.24, 2.45) is 5.73 Å². The third kappa shape index (κ3) is 9.43. The van der Waals surface area contributed by atoms with Crippen LogP contribution in [0.3, 0.4) is 0 Å². The second kappa shape index (κ2) is 17.7. The minimum Gasteiger partial charge on any atom is -0.488 e. The monoisotopic (exact) mass is 723 g/mol. The molecule has 2 aliphatic heterocycles. The van der Waals surface area contributed by atoms with E-state index in [0.717, 1.165) is 61.3 Å². The van der Waals surface area contributed by atoms with Crippen molar-refractivity contribution in [2.45, 2.75) is 65.0 Å². The van der Waals surface area contributed by atoms with Crippen LogP contribution in [0.4, 0.5) is 10.1 Å². The van der Waals surface area contributed by atoms with Crippen LogP contribution in [0, 0.1) is 18.3 Å². The Hall–Kier alpha value is -4.62. The Balaban J connectivity index is 1.15. The van der Waals surface area contributed by atoms with Gasteiger partial charge >= 0.3 is 0 Å². The van der Waals surface area contributed by atoms with Crippen LogP contribution in [-0.4, -0.2) is 56.2 Å². The largest absolute Gasteiger partial charge is 0.488 e. The van der Waals surface area contributed by atoms with E-state index in [-0.39, 0.29) is 12.5 Å². The number of hydrogen-bond acceptors (Lipinski definition) is 7. The molecule has 1 fully saturated rings. The van der Waals surface area contributed by atoms with Crippen molar-refractivity contribution >= 4 is 23.2 Å². The first-order chi connectivity index (χ1) is 25.3. The van der Waals surface area contributed by atoms with Gasteiger partial charge in [0.15, 0.2) is 0 Å². The minimum absolute atomic E-state index is 0.267. The summed E-state index contributed by atoms with van der Waals surface area (Å²) in [6, 6.07) is 26.1. The maximum atomic E-state index is 13.6. The van der Waals surface area contributed by atoms with Gasteiger partial charge < -0.3 is 30.3 Å². The van der Waals surface area contributed by atoms with Gasteiger partial charge in [-0.05, 0) is 103 Å². The Morgan fingerprint density at radius 2 is 1.79 bits per heavy atom.